The minimum Gasteiger partial charge on any atom is -0.496 e. The molecule has 1 atom stereocenters. The highest BCUT2D eigenvalue weighted by Crippen LogP contribution is 2.33. The fourth-order valence-corrected chi connectivity index (χ4v) is 4.84. The number of sulfonamides is 1. The highest BCUT2D eigenvalue weighted by Gasteiger charge is 2.23. The summed E-state index contributed by atoms with van der Waals surface area (Å²) in [6.45, 7) is 7.86. The van der Waals surface area contributed by atoms with E-state index >= 15 is 0 Å². The molecule has 0 aliphatic rings. The average molecular weight is 416 g/mol. The second kappa shape index (κ2) is 8.17. The highest BCUT2D eigenvalue weighted by atomic mass is 35.5. The van der Waals surface area contributed by atoms with E-state index in [4.69, 9.17) is 27.9 Å². The van der Waals surface area contributed by atoms with E-state index in [0.29, 0.717) is 5.02 Å². The maximum Gasteiger partial charge on any atom is 0.242 e. The van der Waals surface area contributed by atoms with Crippen molar-refractivity contribution < 1.29 is 13.2 Å². The molecule has 1 N–H and O–H groups in total. The summed E-state index contributed by atoms with van der Waals surface area (Å²) >= 11 is 12.0. The first-order chi connectivity index (χ1) is 12.1. The van der Waals surface area contributed by atoms with E-state index in [2.05, 4.69) is 18.6 Å². The Balaban J connectivity index is 2.42. The van der Waals surface area contributed by atoms with Crippen molar-refractivity contribution in [2.45, 2.75) is 44.6 Å². The Morgan fingerprint density at radius 2 is 1.69 bits per heavy atom. The van der Waals surface area contributed by atoms with E-state index < -0.39 is 16.1 Å². The van der Waals surface area contributed by atoms with Crippen LogP contribution >= 0.6 is 23.2 Å². The Kier molecular flexibility index (Phi) is 6.61. The van der Waals surface area contributed by atoms with Crippen LogP contribution in [0.4, 0.5) is 0 Å². The van der Waals surface area contributed by atoms with Crippen molar-refractivity contribution in [3.05, 3.63) is 57.1 Å². The van der Waals surface area contributed by atoms with Crippen molar-refractivity contribution in [3.8, 4) is 5.75 Å². The number of benzene rings is 2. The van der Waals surface area contributed by atoms with E-state index in [1.54, 1.807) is 20.1 Å². The van der Waals surface area contributed by atoms with E-state index in [0.717, 1.165) is 22.4 Å². The van der Waals surface area contributed by atoms with Crippen LogP contribution in [-0.2, 0) is 10.0 Å². The fraction of sp³-hybridized carbons (Fsp3) is 0.368. The minimum atomic E-state index is -3.82. The van der Waals surface area contributed by atoms with Crippen molar-refractivity contribution >= 4 is 33.2 Å². The molecule has 0 bridgehead atoms. The van der Waals surface area contributed by atoms with Crippen LogP contribution in [-0.4, -0.2) is 15.5 Å². The number of hydrogen-bond donors (Lipinski definition) is 1. The van der Waals surface area contributed by atoms with Gasteiger partial charge in [-0.05, 0) is 66.8 Å². The van der Waals surface area contributed by atoms with Crippen LogP contribution in [0.25, 0.3) is 0 Å². The lowest BCUT2D eigenvalue weighted by Crippen LogP contribution is -2.27. The largest absolute Gasteiger partial charge is 0.496 e. The van der Waals surface area contributed by atoms with Crippen molar-refractivity contribution in [3.63, 3.8) is 0 Å². The van der Waals surface area contributed by atoms with Gasteiger partial charge in [0, 0.05) is 11.1 Å². The molecule has 0 amide bonds. The van der Waals surface area contributed by atoms with Crippen molar-refractivity contribution in [2.24, 2.45) is 0 Å². The Bertz CT molecular complexity index is 911. The lowest BCUT2D eigenvalue weighted by molar-refractivity contribution is 0.406. The summed E-state index contributed by atoms with van der Waals surface area (Å²) in [5.41, 5.74) is 2.86. The SMILES string of the molecule is COc1cc(C)c(C(C)NS(=O)(=O)c2cc(Cl)ccc2Cl)cc1C(C)C. The Labute approximate surface area is 165 Å². The first-order valence-corrected chi connectivity index (χ1v) is 10.5. The molecule has 0 radical (unpaired) electrons. The molecule has 142 valence electrons. The zero-order valence-electron chi connectivity index (χ0n) is 15.4. The predicted molar refractivity (Wildman–Crippen MR) is 107 cm³/mol. The quantitative estimate of drug-likeness (QED) is 0.679. The summed E-state index contributed by atoms with van der Waals surface area (Å²) < 4.78 is 33.7. The lowest BCUT2D eigenvalue weighted by atomic mass is 9.94. The molecule has 1 unspecified atom stereocenters. The second-order valence-corrected chi connectivity index (χ2v) is 9.05. The van der Waals surface area contributed by atoms with Gasteiger partial charge in [0.2, 0.25) is 10.0 Å². The molecule has 7 heteroatoms. The second-order valence-electron chi connectivity index (χ2n) is 6.52. The van der Waals surface area contributed by atoms with Gasteiger partial charge in [-0.3, -0.25) is 0 Å². The summed E-state index contributed by atoms with van der Waals surface area (Å²) in [5.74, 6) is 1.05. The van der Waals surface area contributed by atoms with Gasteiger partial charge in [0.15, 0.2) is 0 Å². The molecule has 0 saturated heterocycles. The van der Waals surface area contributed by atoms with Gasteiger partial charge in [0.1, 0.15) is 10.6 Å². The molecule has 0 aliphatic heterocycles. The molecule has 0 fully saturated rings. The van der Waals surface area contributed by atoms with E-state index in [1.165, 1.54) is 12.1 Å². The normalized spacial score (nSPS) is 13.1. The first-order valence-electron chi connectivity index (χ1n) is 8.22. The molecule has 2 aromatic rings. The summed E-state index contributed by atoms with van der Waals surface area (Å²) in [4.78, 5) is -0.0336. The Morgan fingerprint density at radius 1 is 1.04 bits per heavy atom. The number of halogens is 2. The van der Waals surface area contributed by atoms with Crippen LogP contribution in [0.15, 0.2) is 35.2 Å². The van der Waals surface area contributed by atoms with Crippen molar-refractivity contribution in [1.29, 1.82) is 0 Å². The fourth-order valence-electron chi connectivity index (χ4n) is 2.85. The number of nitrogens with one attached hydrogen (secondary N) is 1. The average Bonchev–Trinajstić information content (AvgIpc) is 2.55. The molecule has 2 rings (SSSR count). The van der Waals surface area contributed by atoms with Gasteiger partial charge >= 0.3 is 0 Å². The van der Waals surface area contributed by atoms with E-state index in [-0.39, 0.29) is 15.8 Å². The Hall–Kier alpha value is -1.27. The third-order valence-corrected chi connectivity index (χ3v) is 6.48. The van der Waals surface area contributed by atoms with Gasteiger partial charge in [0.25, 0.3) is 0 Å². The predicted octanol–water partition coefficient (Wildman–Crippen LogP) is 5.47. The Morgan fingerprint density at radius 3 is 2.27 bits per heavy atom. The monoisotopic (exact) mass is 415 g/mol. The van der Waals surface area contributed by atoms with Crippen LogP contribution in [0.1, 0.15) is 49.4 Å². The van der Waals surface area contributed by atoms with Crippen LogP contribution in [0.3, 0.4) is 0 Å². The molecular formula is C19H23Cl2NO3S. The van der Waals surface area contributed by atoms with Gasteiger partial charge in [-0.2, -0.15) is 0 Å². The van der Waals surface area contributed by atoms with Gasteiger partial charge in [-0.25, -0.2) is 13.1 Å². The summed E-state index contributed by atoms with van der Waals surface area (Å²) in [6.07, 6.45) is 0. The van der Waals surface area contributed by atoms with Gasteiger partial charge < -0.3 is 4.74 Å². The van der Waals surface area contributed by atoms with Gasteiger partial charge in [-0.1, -0.05) is 37.0 Å². The zero-order valence-corrected chi connectivity index (χ0v) is 17.8. The molecule has 0 saturated carbocycles. The summed E-state index contributed by atoms with van der Waals surface area (Å²) in [7, 11) is -2.19. The molecular weight excluding hydrogens is 393 g/mol. The molecule has 26 heavy (non-hydrogen) atoms. The van der Waals surface area contributed by atoms with E-state index in [9.17, 15) is 8.42 Å². The van der Waals surface area contributed by atoms with Crippen LogP contribution < -0.4 is 9.46 Å². The smallest absolute Gasteiger partial charge is 0.242 e. The minimum absolute atomic E-state index is 0.0336. The number of rotatable bonds is 6. The number of hydrogen-bond acceptors (Lipinski definition) is 3. The summed E-state index contributed by atoms with van der Waals surface area (Å²) in [6, 6.07) is 7.85. The lowest BCUT2D eigenvalue weighted by Gasteiger charge is -2.21. The van der Waals surface area contributed by atoms with Gasteiger partial charge in [-0.15, -0.1) is 0 Å². The van der Waals surface area contributed by atoms with Crippen molar-refractivity contribution in [2.75, 3.05) is 7.11 Å². The molecule has 0 spiro atoms. The molecule has 0 heterocycles. The highest BCUT2D eigenvalue weighted by molar-refractivity contribution is 7.89. The van der Waals surface area contributed by atoms with E-state index in [1.807, 2.05) is 19.1 Å². The standard InChI is InChI=1S/C19H23Cl2NO3S/c1-11(2)15-10-16(12(3)8-18(15)25-5)13(4)22-26(23,24)19-9-14(20)6-7-17(19)21/h6-11,13,22H,1-5H3. The molecule has 0 aliphatic carbocycles. The molecule has 4 nitrogen and oxygen atoms in total. The van der Waals surface area contributed by atoms with Gasteiger partial charge in [0.05, 0.1) is 12.1 Å². The number of ether oxygens (including phenoxy) is 1. The van der Waals surface area contributed by atoms with Crippen LogP contribution in [0.5, 0.6) is 5.75 Å². The molecule has 2 aromatic carbocycles. The number of methoxy groups -OCH3 is 1. The van der Waals surface area contributed by atoms with Crippen LogP contribution in [0, 0.1) is 6.92 Å². The summed E-state index contributed by atoms with van der Waals surface area (Å²) in [5, 5.41) is 0.438. The topological polar surface area (TPSA) is 55.4 Å². The zero-order chi connectivity index (χ0) is 19.6. The third kappa shape index (κ3) is 4.52. The van der Waals surface area contributed by atoms with Crippen LogP contribution in [0.2, 0.25) is 10.0 Å². The maximum atomic E-state index is 12.8. The maximum absolute atomic E-state index is 12.8. The third-order valence-electron chi connectivity index (χ3n) is 4.22. The van der Waals surface area contributed by atoms with Crippen molar-refractivity contribution in [1.82, 2.24) is 4.72 Å². The number of aryl methyl sites for hydroxylation is 1. The first kappa shape index (κ1) is 21.0. The molecule has 0 aromatic heterocycles.